The molecule has 1 atom stereocenters. The first-order valence-electron chi connectivity index (χ1n) is 5.92. The molecule has 1 aromatic rings. The van der Waals surface area contributed by atoms with Gasteiger partial charge in [0.15, 0.2) is 0 Å². The fourth-order valence-electron chi connectivity index (χ4n) is 1.36. The molecule has 0 saturated carbocycles. The van der Waals surface area contributed by atoms with Crippen LogP contribution in [0.5, 0.6) is 0 Å². The highest BCUT2D eigenvalue weighted by Crippen LogP contribution is 2.14. The van der Waals surface area contributed by atoms with Crippen LogP contribution in [-0.2, 0) is 25.1 Å². The molecule has 1 aromatic carbocycles. The first-order valence-corrected chi connectivity index (χ1v) is 8.03. The first kappa shape index (κ1) is 16.3. The van der Waals surface area contributed by atoms with Gasteiger partial charge >= 0.3 is 5.97 Å². The molecule has 106 valence electrons. The number of hydrogen-bond donors (Lipinski definition) is 0. The van der Waals surface area contributed by atoms with Gasteiger partial charge in [0.25, 0.3) is 0 Å². The Bertz CT molecular complexity index is 419. The molecule has 0 heterocycles. The molecule has 4 nitrogen and oxygen atoms in total. The van der Waals surface area contributed by atoms with E-state index in [2.05, 4.69) is 15.9 Å². The molecule has 6 heteroatoms. The summed E-state index contributed by atoms with van der Waals surface area (Å²) in [6, 6.07) is 7.34. The van der Waals surface area contributed by atoms with Crippen LogP contribution in [0.25, 0.3) is 0 Å². The first-order chi connectivity index (χ1) is 9.13. The number of esters is 1. The van der Waals surface area contributed by atoms with E-state index in [1.54, 1.807) is 7.11 Å². The summed E-state index contributed by atoms with van der Waals surface area (Å²) in [5, 5.41) is 0. The Morgan fingerprint density at radius 2 is 1.95 bits per heavy atom. The van der Waals surface area contributed by atoms with Gasteiger partial charge in [-0.05, 0) is 30.7 Å². The summed E-state index contributed by atoms with van der Waals surface area (Å²) in [6.45, 7) is 0.668. The lowest BCUT2D eigenvalue weighted by Gasteiger charge is -2.04. The number of hydrogen-bond acceptors (Lipinski definition) is 4. The van der Waals surface area contributed by atoms with Crippen LogP contribution in [-0.4, -0.2) is 36.3 Å². The zero-order chi connectivity index (χ0) is 14.1. The van der Waals surface area contributed by atoms with Crippen LogP contribution in [0.1, 0.15) is 12.8 Å². The molecule has 0 N–H and O–H groups in total. The number of carbonyl (C=O) groups is 1. The van der Waals surface area contributed by atoms with Crippen molar-refractivity contribution in [3.05, 3.63) is 28.7 Å². The molecule has 0 amide bonds. The minimum Gasteiger partial charge on any atom is -0.463 e. The predicted molar refractivity (Wildman–Crippen MR) is 77.5 cm³/mol. The van der Waals surface area contributed by atoms with Gasteiger partial charge < -0.3 is 9.47 Å². The Balaban J connectivity index is 2.23. The van der Waals surface area contributed by atoms with Crippen molar-refractivity contribution in [2.75, 3.05) is 26.1 Å². The van der Waals surface area contributed by atoms with Crippen LogP contribution in [0.3, 0.4) is 0 Å². The van der Waals surface area contributed by atoms with E-state index < -0.39 is 10.8 Å². The molecule has 0 aliphatic heterocycles. The van der Waals surface area contributed by atoms with Gasteiger partial charge in [0, 0.05) is 28.7 Å². The second-order valence-electron chi connectivity index (χ2n) is 3.82. The van der Waals surface area contributed by atoms with Gasteiger partial charge in [0.1, 0.15) is 6.61 Å². The number of benzene rings is 1. The van der Waals surface area contributed by atoms with Gasteiger partial charge in [-0.2, -0.15) is 0 Å². The third-order valence-electron chi connectivity index (χ3n) is 2.34. The van der Waals surface area contributed by atoms with Crippen LogP contribution in [0.15, 0.2) is 33.6 Å². The Hall–Kier alpha value is -0.720. The minimum atomic E-state index is -1.07. The van der Waals surface area contributed by atoms with E-state index in [4.69, 9.17) is 9.47 Å². The van der Waals surface area contributed by atoms with Crippen molar-refractivity contribution < 1.29 is 18.5 Å². The molecule has 0 aliphatic carbocycles. The summed E-state index contributed by atoms with van der Waals surface area (Å²) in [7, 11) is 0.482. The van der Waals surface area contributed by atoms with Gasteiger partial charge in [-0.3, -0.25) is 9.00 Å². The van der Waals surface area contributed by atoms with E-state index in [0.29, 0.717) is 18.8 Å². The summed E-state index contributed by atoms with van der Waals surface area (Å²) in [5.74, 6) is 0.186. The largest absolute Gasteiger partial charge is 0.463 e. The third kappa shape index (κ3) is 6.84. The Kier molecular flexibility index (Phi) is 7.93. The summed E-state index contributed by atoms with van der Waals surface area (Å²) in [5.41, 5.74) is 0. The van der Waals surface area contributed by atoms with E-state index in [9.17, 15) is 9.00 Å². The summed E-state index contributed by atoms with van der Waals surface area (Å²) in [4.78, 5) is 12.1. The topological polar surface area (TPSA) is 52.6 Å². The van der Waals surface area contributed by atoms with Gasteiger partial charge in [-0.1, -0.05) is 15.9 Å². The summed E-state index contributed by atoms with van der Waals surface area (Å²) >= 11 is 3.33. The highest BCUT2D eigenvalue weighted by Gasteiger charge is 2.07. The highest BCUT2D eigenvalue weighted by atomic mass is 79.9. The average molecular weight is 349 g/mol. The highest BCUT2D eigenvalue weighted by molar-refractivity contribution is 9.10. The van der Waals surface area contributed by atoms with Crippen molar-refractivity contribution in [2.24, 2.45) is 0 Å². The minimum absolute atomic E-state index is 0.269. The van der Waals surface area contributed by atoms with Gasteiger partial charge in [0.2, 0.25) is 0 Å². The van der Waals surface area contributed by atoms with Crippen molar-refractivity contribution >= 4 is 32.7 Å². The van der Waals surface area contributed by atoms with Crippen LogP contribution in [0, 0.1) is 0 Å². The van der Waals surface area contributed by atoms with Crippen molar-refractivity contribution in [3.8, 4) is 0 Å². The number of methoxy groups -OCH3 is 1. The predicted octanol–water partition coefficient (Wildman–Crippen LogP) is 2.53. The molecule has 0 aromatic heterocycles. The molecule has 0 aliphatic rings. The van der Waals surface area contributed by atoms with Gasteiger partial charge in [0.05, 0.1) is 17.4 Å². The van der Waals surface area contributed by atoms with Crippen LogP contribution < -0.4 is 0 Å². The van der Waals surface area contributed by atoms with Crippen molar-refractivity contribution in [3.63, 3.8) is 0 Å². The van der Waals surface area contributed by atoms with Gasteiger partial charge in [-0.25, -0.2) is 0 Å². The molecule has 0 radical (unpaired) electrons. The third-order valence-corrected chi connectivity index (χ3v) is 4.32. The van der Waals surface area contributed by atoms with Crippen LogP contribution in [0.4, 0.5) is 0 Å². The molecule has 0 unspecified atom stereocenters. The molecule has 0 spiro atoms. The van der Waals surface area contributed by atoms with E-state index in [1.165, 1.54) is 0 Å². The van der Waals surface area contributed by atoms with E-state index in [0.717, 1.165) is 9.37 Å². The summed E-state index contributed by atoms with van der Waals surface area (Å²) < 4.78 is 22.6. The van der Waals surface area contributed by atoms with Crippen molar-refractivity contribution in [1.29, 1.82) is 0 Å². The summed E-state index contributed by atoms with van der Waals surface area (Å²) in [6.07, 6.45) is 0.834. The van der Waals surface area contributed by atoms with Gasteiger partial charge in [-0.15, -0.1) is 0 Å². The maximum atomic E-state index is 11.9. The smallest absolute Gasteiger partial charge is 0.305 e. The quantitative estimate of drug-likeness (QED) is 0.535. The number of rotatable bonds is 8. The van der Waals surface area contributed by atoms with Crippen molar-refractivity contribution in [2.45, 2.75) is 17.7 Å². The molecule has 0 saturated heterocycles. The fraction of sp³-hybridized carbons (Fsp3) is 0.462. The average Bonchev–Trinajstić information content (AvgIpc) is 2.39. The lowest BCUT2D eigenvalue weighted by Crippen LogP contribution is -2.10. The maximum Gasteiger partial charge on any atom is 0.305 e. The molecular formula is C13H17BrO4S. The lowest BCUT2D eigenvalue weighted by atomic mass is 10.3. The monoisotopic (exact) mass is 348 g/mol. The number of carbonyl (C=O) groups excluding carboxylic acids is 1. The normalized spacial score (nSPS) is 12.1. The lowest BCUT2D eigenvalue weighted by molar-refractivity contribution is -0.144. The molecule has 1 rings (SSSR count). The molecular weight excluding hydrogens is 332 g/mol. The Morgan fingerprint density at radius 3 is 2.58 bits per heavy atom. The Morgan fingerprint density at radius 1 is 1.26 bits per heavy atom. The number of halogens is 1. The number of ether oxygens (including phenoxy) is 2. The fourth-order valence-corrected chi connectivity index (χ4v) is 2.71. The SMILES string of the molecule is COCCOC(=O)CCC[S@@](=O)c1ccc(Br)cc1. The van der Waals surface area contributed by atoms with E-state index >= 15 is 0 Å². The second kappa shape index (κ2) is 9.23. The molecule has 19 heavy (non-hydrogen) atoms. The second-order valence-corrected chi connectivity index (χ2v) is 6.31. The zero-order valence-corrected chi connectivity index (χ0v) is 13.2. The molecule has 0 fully saturated rings. The standard InChI is InChI=1S/C13H17BrO4S/c1-17-8-9-18-13(15)3-2-10-19(16)12-6-4-11(14)5-7-12/h4-7H,2-3,8-10H2,1H3/t19-/m1/s1. The zero-order valence-electron chi connectivity index (χ0n) is 10.8. The molecule has 0 bridgehead atoms. The maximum absolute atomic E-state index is 11.9. The van der Waals surface area contributed by atoms with Crippen LogP contribution >= 0.6 is 15.9 Å². The van der Waals surface area contributed by atoms with Crippen molar-refractivity contribution in [1.82, 2.24) is 0 Å². The van der Waals surface area contributed by atoms with E-state index in [-0.39, 0.29) is 19.0 Å². The Labute approximate surface area is 124 Å². The van der Waals surface area contributed by atoms with Crippen LogP contribution in [0.2, 0.25) is 0 Å². The van der Waals surface area contributed by atoms with E-state index in [1.807, 2.05) is 24.3 Å².